The zero-order chi connectivity index (χ0) is 31.0. The number of pyridine rings is 1. The average molecular weight is 615 g/mol. The molecule has 230 valence electrons. The number of fused-ring (bicyclic) bond motifs is 2. The first-order valence-electron chi connectivity index (χ1n) is 13.5. The quantitative estimate of drug-likeness (QED) is 0.163. The number of methoxy groups -OCH3 is 1. The predicted molar refractivity (Wildman–Crippen MR) is 147 cm³/mol. The second kappa shape index (κ2) is 12.0. The van der Waals surface area contributed by atoms with Gasteiger partial charge in [0, 0.05) is 37.1 Å². The second-order valence-corrected chi connectivity index (χ2v) is 9.96. The Labute approximate surface area is 247 Å². The Hall–Kier alpha value is -4.92. The van der Waals surface area contributed by atoms with Crippen LogP contribution in [0.3, 0.4) is 0 Å². The van der Waals surface area contributed by atoms with E-state index in [1.54, 1.807) is 18.3 Å². The molecule has 1 aromatic carbocycles. The highest BCUT2D eigenvalue weighted by atomic mass is 19.3. The summed E-state index contributed by atoms with van der Waals surface area (Å²) >= 11 is 0. The standard InChI is InChI=1S/C29H26F4N6O5/c1-37-13-19(27(36-37)44-29(32)33)21-18-9-6-10-38(11-16-7-4-3-5-8-16)26(18)34-23(21)22-24(25(30)31)35-39-12-17(14-43-28(22)39)42-15-20(40)41-2/h3-10,13,17,25,29H,11-12,14-15H2,1-2H3/t17-/m0/s1. The molecule has 0 aliphatic carbocycles. The number of carbonyl (C=O) groups excluding carboxylic acids is 1. The van der Waals surface area contributed by atoms with Crippen LogP contribution in [0.15, 0.2) is 54.9 Å². The number of aryl methyl sites for hydroxylation is 1. The lowest BCUT2D eigenvalue weighted by Crippen LogP contribution is -2.34. The van der Waals surface area contributed by atoms with Gasteiger partial charge in [-0.25, -0.2) is 23.2 Å². The Morgan fingerprint density at radius 3 is 2.59 bits per heavy atom. The largest absolute Gasteiger partial charge is 0.474 e. The Bertz CT molecular complexity index is 1750. The maximum atomic E-state index is 14.6. The van der Waals surface area contributed by atoms with Crippen LogP contribution >= 0.6 is 0 Å². The van der Waals surface area contributed by atoms with Crippen molar-refractivity contribution in [2.24, 2.45) is 7.05 Å². The molecule has 3 aliphatic heterocycles. The third-order valence-electron chi connectivity index (χ3n) is 7.05. The van der Waals surface area contributed by atoms with Crippen molar-refractivity contribution >= 4 is 5.97 Å². The van der Waals surface area contributed by atoms with Crippen LogP contribution in [-0.2, 0) is 34.4 Å². The zero-order valence-corrected chi connectivity index (χ0v) is 23.5. The van der Waals surface area contributed by atoms with Gasteiger partial charge in [0.1, 0.15) is 30.8 Å². The predicted octanol–water partition coefficient (Wildman–Crippen LogP) is 4.79. The molecule has 11 nitrogen and oxygen atoms in total. The van der Waals surface area contributed by atoms with Gasteiger partial charge in [0.05, 0.1) is 30.5 Å². The van der Waals surface area contributed by atoms with Crippen LogP contribution in [0.1, 0.15) is 17.7 Å². The minimum absolute atomic E-state index is 0.00223. The molecule has 0 spiro atoms. The molecule has 0 unspecified atom stereocenters. The van der Waals surface area contributed by atoms with Crippen molar-refractivity contribution in [3.05, 3.63) is 66.1 Å². The smallest absolute Gasteiger partial charge is 0.388 e. The van der Waals surface area contributed by atoms with Crippen molar-refractivity contribution in [3.8, 4) is 45.5 Å². The number of hydrogen-bond acceptors (Lipinski definition) is 8. The number of carbonyl (C=O) groups is 1. The molecule has 3 aliphatic rings. The van der Waals surface area contributed by atoms with Crippen LogP contribution in [0.2, 0.25) is 0 Å². The molecule has 0 saturated carbocycles. The van der Waals surface area contributed by atoms with Gasteiger partial charge in [0.25, 0.3) is 6.43 Å². The highest BCUT2D eigenvalue weighted by Crippen LogP contribution is 2.49. The maximum Gasteiger partial charge on any atom is 0.388 e. The molecule has 5 heterocycles. The van der Waals surface area contributed by atoms with E-state index in [1.165, 1.54) is 29.7 Å². The third-order valence-corrected chi connectivity index (χ3v) is 7.05. The normalized spacial score (nSPS) is 14.7. The first-order chi connectivity index (χ1) is 21.2. The van der Waals surface area contributed by atoms with Gasteiger partial charge >= 0.3 is 12.6 Å². The maximum absolute atomic E-state index is 14.6. The zero-order valence-electron chi connectivity index (χ0n) is 23.5. The summed E-state index contributed by atoms with van der Waals surface area (Å²) in [4.78, 5) is 16.4. The SMILES string of the molecule is COC(=O)CO[C@@H]1COc2c(-c3nc4n(Cc5ccccc5)cccc-4c3-c3cn(C)nc3OC(F)F)c(C(F)F)nn2C1. The summed E-state index contributed by atoms with van der Waals surface area (Å²) < 4.78 is 81.2. The van der Waals surface area contributed by atoms with Gasteiger partial charge in [-0.15, -0.1) is 5.10 Å². The van der Waals surface area contributed by atoms with Crippen LogP contribution in [0, 0.1) is 0 Å². The van der Waals surface area contributed by atoms with Crippen LogP contribution in [0.5, 0.6) is 11.8 Å². The molecule has 0 saturated heterocycles. The molecule has 0 bridgehead atoms. The average Bonchev–Trinajstić information content (AvgIpc) is 3.68. The lowest BCUT2D eigenvalue weighted by Gasteiger charge is -2.24. The minimum atomic E-state index is -3.19. The Morgan fingerprint density at radius 2 is 1.86 bits per heavy atom. The summed E-state index contributed by atoms with van der Waals surface area (Å²) in [5.41, 5.74) is 1.13. The minimum Gasteiger partial charge on any atom is -0.474 e. The van der Waals surface area contributed by atoms with Gasteiger partial charge in [0.2, 0.25) is 11.8 Å². The number of aromatic nitrogens is 6. The number of esters is 1. The van der Waals surface area contributed by atoms with Crippen LogP contribution < -0.4 is 9.47 Å². The van der Waals surface area contributed by atoms with E-state index in [0.717, 1.165) is 5.56 Å². The van der Waals surface area contributed by atoms with E-state index in [-0.39, 0.29) is 48.0 Å². The van der Waals surface area contributed by atoms with Crippen molar-refractivity contribution < 1.29 is 41.3 Å². The molecule has 3 aromatic rings. The van der Waals surface area contributed by atoms with Gasteiger partial charge in [-0.2, -0.15) is 13.9 Å². The summed E-state index contributed by atoms with van der Waals surface area (Å²) in [6.07, 6.45) is -0.474. The topological polar surface area (TPSA) is 107 Å². The van der Waals surface area contributed by atoms with E-state index in [9.17, 15) is 22.4 Å². The molecule has 44 heavy (non-hydrogen) atoms. The molecule has 0 fully saturated rings. The third kappa shape index (κ3) is 5.57. The van der Waals surface area contributed by atoms with Gasteiger partial charge < -0.3 is 23.5 Å². The fraction of sp³-hybridized carbons (Fsp3) is 0.310. The van der Waals surface area contributed by atoms with Gasteiger partial charge in [-0.3, -0.25) is 4.68 Å². The van der Waals surface area contributed by atoms with E-state index in [0.29, 0.717) is 17.9 Å². The summed E-state index contributed by atoms with van der Waals surface area (Å²) in [7, 11) is 2.74. The molecule has 6 rings (SSSR count). The van der Waals surface area contributed by atoms with Crippen molar-refractivity contribution in [2.75, 3.05) is 20.3 Å². The Morgan fingerprint density at radius 1 is 1.07 bits per heavy atom. The van der Waals surface area contributed by atoms with Gasteiger partial charge in [0.15, 0.2) is 0 Å². The summed E-state index contributed by atoms with van der Waals surface area (Å²) in [5.74, 6) is -0.599. The van der Waals surface area contributed by atoms with Crippen molar-refractivity contribution in [1.29, 1.82) is 0 Å². The molecular formula is C29H26F4N6O5. The molecule has 0 N–H and O–H groups in total. The van der Waals surface area contributed by atoms with Crippen LogP contribution in [-0.4, -0.2) is 68.1 Å². The van der Waals surface area contributed by atoms with Crippen LogP contribution in [0.4, 0.5) is 17.6 Å². The number of ether oxygens (including phenoxy) is 4. The molecule has 15 heteroatoms. The van der Waals surface area contributed by atoms with Crippen LogP contribution in [0.25, 0.3) is 33.8 Å². The van der Waals surface area contributed by atoms with Crippen molar-refractivity contribution in [3.63, 3.8) is 0 Å². The van der Waals surface area contributed by atoms with Crippen molar-refractivity contribution in [1.82, 2.24) is 29.1 Å². The Balaban J connectivity index is 1.53. The number of hydrogen-bond donors (Lipinski definition) is 0. The lowest BCUT2D eigenvalue weighted by atomic mass is 9.98. The second-order valence-electron chi connectivity index (χ2n) is 9.96. The Kier molecular flexibility index (Phi) is 7.95. The van der Waals surface area contributed by atoms with Gasteiger partial charge in [-0.05, 0) is 17.7 Å². The van der Waals surface area contributed by atoms with E-state index < -0.39 is 36.7 Å². The lowest BCUT2D eigenvalue weighted by molar-refractivity contribution is -0.149. The van der Waals surface area contributed by atoms with E-state index >= 15 is 0 Å². The molecule has 2 aromatic heterocycles. The molecule has 0 radical (unpaired) electrons. The highest BCUT2D eigenvalue weighted by molar-refractivity contribution is 5.97. The summed E-state index contributed by atoms with van der Waals surface area (Å²) in [6.45, 7) is -3.22. The highest BCUT2D eigenvalue weighted by Gasteiger charge is 2.37. The molecular weight excluding hydrogens is 588 g/mol. The number of rotatable bonds is 10. The summed E-state index contributed by atoms with van der Waals surface area (Å²) in [6, 6.07) is 13.0. The monoisotopic (exact) mass is 614 g/mol. The fourth-order valence-corrected chi connectivity index (χ4v) is 5.20. The number of benzene rings is 1. The van der Waals surface area contributed by atoms with Crippen molar-refractivity contribution in [2.45, 2.75) is 32.2 Å². The molecule has 0 amide bonds. The first-order valence-corrected chi connectivity index (χ1v) is 13.5. The number of alkyl halides is 4. The number of nitrogens with zero attached hydrogens (tertiary/aromatic N) is 6. The van der Waals surface area contributed by atoms with Gasteiger partial charge in [-0.1, -0.05) is 30.3 Å². The van der Waals surface area contributed by atoms with E-state index in [4.69, 9.17) is 19.2 Å². The van der Waals surface area contributed by atoms with E-state index in [1.807, 2.05) is 34.9 Å². The first kappa shape index (κ1) is 29.2. The summed E-state index contributed by atoms with van der Waals surface area (Å²) in [5, 5.41) is 8.17. The number of halogens is 4. The molecule has 1 atom stereocenters. The fourth-order valence-electron chi connectivity index (χ4n) is 5.20. The van der Waals surface area contributed by atoms with E-state index in [2.05, 4.69) is 14.9 Å².